The van der Waals surface area contributed by atoms with Crippen molar-refractivity contribution in [3.63, 3.8) is 0 Å². The maximum Gasteiger partial charge on any atom is 0.261 e. The van der Waals surface area contributed by atoms with Gasteiger partial charge in [0.2, 0.25) is 12.7 Å². The van der Waals surface area contributed by atoms with Gasteiger partial charge in [0.1, 0.15) is 0 Å². The largest absolute Gasteiger partial charge is 0.454 e. The first-order chi connectivity index (χ1) is 15.3. The van der Waals surface area contributed by atoms with Crippen LogP contribution in [0.2, 0.25) is 10.0 Å². The Balaban J connectivity index is 1.40. The Labute approximate surface area is 194 Å². The van der Waals surface area contributed by atoms with Crippen LogP contribution < -0.4 is 19.5 Å². The van der Waals surface area contributed by atoms with Gasteiger partial charge >= 0.3 is 0 Å². The molecule has 4 rings (SSSR count). The van der Waals surface area contributed by atoms with Gasteiger partial charge in [0.05, 0.1) is 15.6 Å². The topological polar surface area (TPSA) is 93.7 Å². The number of hydrogen-bond donors (Lipinski definition) is 2. The number of nitrogens with one attached hydrogen (secondary N) is 2. The average molecular weight is 491 g/mol. The van der Waals surface area contributed by atoms with Crippen molar-refractivity contribution in [1.29, 1.82) is 0 Å². The van der Waals surface area contributed by atoms with E-state index in [2.05, 4.69) is 10.0 Å². The van der Waals surface area contributed by atoms with Crippen LogP contribution in [0, 0.1) is 0 Å². The molecule has 3 aromatic carbocycles. The maximum atomic E-state index is 12.6. The smallest absolute Gasteiger partial charge is 0.261 e. The maximum absolute atomic E-state index is 12.6. The summed E-state index contributed by atoms with van der Waals surface area (Å²) in [6, 6.07) is 15.5. The zero-order valence-corrected chi connectivity index (χ0v) is 18.7. The molecule has 7 nitrogen and oxygen atoms in total. The minimum absolute atomic E-state index is 0.0115. The molecule has 32 heavy (non-hydrogen) atoms. The lowest BCUT2D eigenvalue weighted by molar-refractivity contribution is -0.111. The third-order valence-electron chi connectivity index (χ3n) is 4.43. The summed E-state index contributed by atoms with van der Waals surface area (Å²) in [5.41, 5.74) is 1.42. The SMILES string of the molecule is O=C(/C=C/c1ccc2c(c1)OCO2)Nc1ccc(S(=O)(=O)Nc2ccc(Cl)cc2Cl)cc1. The monoisotopic (exact) mass is 490 g/mol. The van der Waals surface area contributed by atoms with Crippen molar-refractivity contribution in [2.45, 2.75) is 4.90 Å². The van der Waals surface area contributed by atoms with Crippen molar-refractivity contribution < 1.29 is 22.7 Å². The zero-order valence-electron chi connectivity index (χ0n) is 16.3. The summed E-state index contributed by atoms with van der Waals surface area (Å²) in [6.45, 7) is 0.178. The molecule has 1 amide bonds. The molecule has 0 spiro atoms. The Morgan fingerprint density at radius 1 is 0.938 bits per heavy atom. The van der Waals surface area contributed by atoms with E-state index in [1.54, 1.807) is 24.3 Å². The first-order valence-electron chi connectivity index (χ1n) is 9.27. The fourth-order valence-corrected chi connectivity index (χ4v) is 4.46. The van der Waals surface area contributed by atoms with E-state index in [4.69, 9.17) is 32.7 Å². The van der Waals surface area contributed by atoms with E-state index >= 15 is 0 Å². The van der Waals surface area contributed by atoms with E-state index in [-0.39, 0.29) is 28.3 Å². The van der Waals surface area contributed by atoms with Gasteiger partial charge in [0, 0.05) is 16.8 Å². The standard InChI is InChI=1S/C22H16Cl2N2O5S/c23-15-3-8-19(18(24)12-15)26-32(28,29)17-6-4-16(5-7-17)25-22(27)10-2-14-1-9-20-21(11-14)31-13-30-20/h1-12,26H,13H2,(H,25,27)/b10-2+. The molecule has 1 aliphatic heterocycles. The first kappa shape index (κ1) is 22.0. The number of sulfonamides is 1. The van der Waals surface area contributed by atoms with Crippen molar-refractivity contribution in [2.75, 3.05) is 16.8 Å². The quantitative estimate of drug-likeness (QED) is 0.464. The number of hydrogen-bond acceptors (Lipinski definition) is 5. The molecule has 3 aromatic rings. The second kappa shape index (κ2) is 9.12. The van der Waals surface area contributed by atoms with Gasteiger partial charge in [-0.1, -0.05) is 29.3 Å². The molecule has 0 saturated heterocycles. The van der Waals surface area contributed by atoms with E-state index in [0.717, 1.165) is 5.56 Å². The molecule has 0 saturated carbocycles. The minimum atomic E-state index is -3.87. The number of rotatable bonds is 6. The molecular weight excluding hydrogens is 475 g/mol. The molecule has 2 N–H and O–H groups in total. The summed E-state index contributed by atoms with van der Waals surface area (Å²) in [5, 5.41) is 3.25. The van der Waals surface area contributed by atoms with Crippen molar-refractivity contribution in [2.24, 2.45) is 0 Å². The number of halogens is 2. The number of carbonyl (C=O) groups is 1. The van der Waals surface area contributed by atoms with Crippen molar-refractivity contribution in [3.05, 3.63) is 82.3 Å². The molecule has 10 heteroatoms. The van der Waals surface area contributed by atoms with E-state index in [0.29, 0.717) is 22.2 Å². The van der Waals surface area contributed by atoms with Gasteiger partial charge in [-0.15, -0.1) is 0 Å². The Kier molecular flexibility index (Phi) is 6.27. The van der Waals surface area contributed by atoms with Crippen LogP contribution in [-0.4, -0.2) is 21.1 Å². The summed E-state index contributed by atoms with van der Waals surface area (Å²) in [5.74, 6) is 0.914. The molecule has 0 atom stereocenters. The summed E-state index contributed by atoms with van der Waals surface area (Å²) in [4.78, 5) is 12.2. The average Bonchev–Trinajstić information content (AvgIpc) is 3.22. The Hall–Kier alpha value is -3.20. The molecule has 164 valence electrons. The molecule has 0 bridgehead atoms. The van der Waals surface area contributed by atoms with Crippen LogP contribution in [0.4, 0.5) is 11.4 Å². The number of fused-ring (bicyclic) bond motifs is 1. The van der Waals surface area contributed by atoms with Crippen LogP contribution in [0.1, 0.15) is 5.56 Å². The summed E-state index contributed by atoms with van der Waals surface area (Å²) >= 11 is 11.9. The lowest BCUT2D eigenvalue weighted by Gasteiger charge is -2.10. The van der Waals surface area contributed by atoms with E-state index in [9.17, 15) is 13.2 Å². The second-order valence-electron chi connectivity index (χ2n) is 6.69. The van der Waals surface area contributed by atoms with Crippen molar-refractivity contribution in [3.8, 4) is 11.5 Å². The molecule has 1 heterocycles. The van der Waals surface area contributed by atoms with Gasteiger partial charge in [-0.3, -0.25) is 9.52 Å². The second-order valence-corrected chi connectivity index (χ2v) is 9.22. The van der Waals surface area contributed by atoms with Crippen LogP contribution in [-0.2, 0) is 14.8 Å². The Bertz CT molecular complexity index is 1310. The van der Waals surface area contributed by atoms with Gasteiger partial charge in [0.15, 0.2) is 11.5 Å². The third-order valence-corrected chi connectivity index (χ3v) is 6.36. The Morgan fingerprint density at radius 3 is 2.44 bits per heavy atom. The first-order valence-corrected chi connectivity index (χ1v) is 11.5. The van der Waals surface area contributed by atoms with E-state index in [1.807, 2.05) is 0 Å². The molecular formula is C22H16Cl2N2O5S. The normalized spacial score (nSPS) is 12.7. The van der Waals surface area contributed by atoms with Gasteiger partial charge in [-0.05, 0) is 66.2 Å². The van der Waals surface area contributed by atoms with Crippen LogP contribution in [0.3, 0.4) is 0 Å². The number of carbonyl (C=O) groups excluding carboxylic acids is 1. The molecule has 0 aromatic heterocycles. The highest BCUT2D eigenvalue weighted by molar-refractivity contribution is 7.92. The summed E-state index contributed by atoms with van der Waals surface area (Å²) < 4.78 is 38.2. The van der Waals surface area contributed by atoms with Crippen molar-refractivity contribution >= 4 is 56.6 Å². The molecule has 0 unspecified atom stereocenters. The predicted molar refractivity (Wildman–Crippen MR) is 124 cm³/mol. The molecule has 0 aliphatic carbocycles. The molecule has 0 radical (unpaired) electrons. The number of amides is 1. The van der Waals surface area contributed by atoms with Crippen LogP contribution in [0.5, 0.6) is 11.5 Å². The summed E-state index contributed by atoms with van der Waals surface area (Å²) in [7, 11) is -3.87. The third kappa shape index (κ3) is 5.16. The van der Waals surface area contributed by atoms with Crippen LogP contribution in [0.25, 0.3) is 6.08 Å². The van der Waals surface area contributed by atoms with Crippen LogP contribution >= 0.6 is 23.2 Å². The zero-order chi connectivity index (χ0) is 22.7. The molecule has 1 aliphatic rings. The highest BCUT2D eigenvalue weighted by Gasteiger charge is 2.16. The van der Waals surface area contributed by atoms with Crippen LogP contribution in [0.15, 0.2) is 71.6 Å². The van der Waals surface area contributed by atoms with E-state index < -0.39 is 10.0 Å². The fraction of sp³-hybridized carbons (Fsp3) is 0.0455. The minimum Gasteiger partial charge on any atom is -0.454 e. The molecule has 0 fully saturated rings. The van der Waals surface area contributed by atoms with Crippen molar-refractivity contribution in [1.82, 2.24) is 0 Å². The number of anilines is 2. The van der Waals surface area contributed by atoms with Gasteiger partial charge in [0.25, 0.3) is 10.0 Å². The lowest BCUT2D eigenvalue weighted by atomic mass is 10.2. The lowest BCUT2D eigenvalue weighted by Crippen LogP contribution is -2.13. The van der Waals surface area contributed by atoms with E-state index in [1.165, 1.54) is 48.5 Å². The highest BCUT2D eigenvalue weighted by atomic mass is 35.5. The number of benzene rings is 3. The van der Waals surface area contributed by atoms with Gasteiger partial charge in [-0.2, -0.15) is 0 Å². The van der Waals surface area contributed by atoms with Gasteiger partial charge < -0.3 is 14.8 Å². The Morgan fingerprint density at radius 2 is 1.69 bits per heavy atom. The fourth-order valence-electron chi connectivity index (χ4n) is 2.87. The highest BCUT2D eigenvalue weighted by Crippen LogP contribution is 2.33. The number of ether oxygens (including phenoxy) is 2. The predicted octanol–water partition coefficient (Wildman–Crippen LogP) is 5.17. The summed E-state index contributed by atoms with van der Waals surface area (Å²) in [6.07, 6.45) is 3.00. The van der Waals surface area contributed by atoms with Gasteiger partial charge in [-0.25, -0.2) is 8.42 Å².